The van der Waals surface area contributed by atoms with Gasteiger partial charge in [-0.3, -0.25) is 4.79 Å². The molecule has 0 saturated heterocycles. The molecule has 0 aliphatic heterocycles. The number of hydrogen-bond donors (Lipinski definition) is 1. The van der Waals surface area contributed by atoms with Crippen LogP contribution < -0.4 is 4.74 Å². The van der Waals surface area contributed by atoms with E-state index >= 15 is 0 Å². The maximum atomic E-state index is 12.3. The van der Waals surface area contributed by atoms with Gasteiger partial charge in [0, 0.05) is 17.1 Å². The molecule has 4 nitrogen and oxygen atoms in total. The summed E-state index contributed by atoms with van der Waals surface area (Å²) >= 11 is 0. The molecule has 1 N–H and O–H groups in total. The number of carbonyl (C=O) groups is 1. The second kappa shape index (κ2) is 4.65. The maximum absolute atomic E-state index is 12.3. The largest absolute Gasteiger partial charge is 0.494 e. The molecule has 0 atom stereocenters. The SMILES string of the molecule is CCOc1ccc2[nH]cc(C(=O)c3ccco3)c2c1. The van der Waals surface area contributed by atoms with Crippen LogP contribution in [0, 0.1) is 0 Å². The Morgan fingerprint density at radius 1 is 1.37 bits per heavy atom. The fourth-order valence-corrected chi connectivity index (χ4v) is 2.08. The van der Waals surface area contributed by atoms with E-state index in [0.717, 1.165) is 16.7 Å². The van der Waals surface area contributed by atoms with E-state index in [1.165, 1.54) is 6.26 Å². The third-order valence-corrected chi connectivity index (χ3v) is 2.95. The number of benzene rings is 1. The van der Waals surface area contributed by atoms with E-state index in [9.17, 15) is 4.79 Å². The lowest BCUT2D eigenvalue weighted by atomic mass is 10.1. The Bertz CT molecular complexity index is 710. The Balaban J connectivity index is 2.08. The van der Waals surface area contributed by atoms with E-state index in [1.807, 2.05) is 25.1 Å². The first-order valence-electron chi connectivity index (χ1n) is 6.11. The minimum absolute atomic E-state index is 0.134. The molecule has 0 aliphatic carbocycles. The highest BCUT2D eigenvalue weighted by Crippen LogP contribution is 2.25. The molecule has 0 radical (unpaired) electrons. The Morgan fingerprint density at radius 2 is 2.26 bits per heavy atom. The number of ether oxygens (including phenoxy) is 1. The molecule has 0 fully saturated rings. The highest BCUT2D eigenvalue weighted by atomic mass is 16.5. The van der Waals surface area contributed by atoms with Crippen molar-refractivity contribution in [1.29, 1.82) is 0 Å². The second-order valence-electron chi connectivity index (χ2n) is 4.15. The summed E-state index contributed by atoms with van der Waals surface area (Å²) < 4.78 is 10.6. The fraction of sp³-hybridized carbons (Fsp3) is 0.133. The number of H-pyrrole nitrogens is 1. The van der Waals surface area contributed by atoms with Crippen LogP contribution in [0.5, 0.6) is 5.75 Å². The van der Waals surface area contributed by atoms with Crippen LogP contribution in [-0.4, -0.2) is 17.4 Å². The molecule has 96 valence electrons. The Hall–Kier alpha value is -2.49. The van der Waals surface area contributed by atoms with Gasteiger partial charge in [-0.25, -0.2) is 0 Å². The molecule has 0 aliphatic rings. The van der Waals surface area contributed by atoms with Crippen LogP contribution >= 0.6 is 0 Å². The lowest BCUT2D eigenvalue weighted by Crippen LogP contribution is -1.98. The minimum atomic E-state index is -0.134. The Morgan fingerprint density at radius 3 is 3.00 bits per heavy atom. The molecular formula is C15H13NO3. The summed E-state index contributed by atoms with van der Waals surface area (Å²) in [5.74, 6) is 0.954. The number of ketones is 1. The average molecular weight is 255 g/mol. The molecule has 4 heteroatoms. The van der Waals surface area contributed by atoms with Crippen LogP contribution in [-0.2, 0) is 0 Å². The number of rotatable bonds is 4. The average Bonchev–Trinajstić information content (AvgIpc) is 3.07. The molecule has 3 aromatic rings. The third kappa shape index (κ3) is 2.01. The number of aromatic amines is 1. The first-order chi connectivity index (χ1) is 9.29. The molecule has 0 bridgehead atoms. The van der Waals surface area contributed by atoms with Gasteiger partial charge in [0.2, 0.25) is 5.78 Å². The van der Waals surface area contributed by atoms with Crippen LogP contribution in [0.2, 0.25) is 0 Å². The van der Waals surface area contributed by atoms with Gasteiger partial charge in [-0.1, -0.05) is 0 Å². The number of hydrogen-bond acceptors (Lipinski definition) is 3. The van der Waals surface area contributed by atoms with Gasteiger partial charge in [-0.05, 0) is 37.3 Å². The molecule has 3 rings (SSSR count). The molecule has 0 saturated carbocycles. The molecule has 0 amide bonds. The topological polar surface area (TPSA) is 55.2 Å². The van der Waals surface area contributed by atoms with Crippen LogP contribution in [0.3, 0.4) is 0 Å². The first-order valence-corrected chi connectivity index (χ1v) is 6.11. The van der Waals surface area contributed by atoms with Gasteiger partial charge < -0.3 is 14.1 Å². The lowest BCUT2D eigenvalue weighted by molar-refractivity contribution is 0.101. The summed E-state index contributed by atoms with van der Waals surface area (Å²) in [4.78, 5) is 15.4. The Kier molecular flexibility index (Phi) is 2.83. The van der Waals surface area contributed by atoms with Gasteiger partial charge in [0.05, 0.1) is 18.4 Å². The molecule has 19 heavy (non-hydrogen) atoms. The molecule has 0 unspecified atom stereocenters. The number of furan rings is 1. The summed E-state index contributed by atoms with van der Waals surface area (Å²) in [5.41, 5.74) is 1.49. The van der Waals surface area contributed by atoms with Gasteiger partial charge in [-0.2, -0.15) is 0 Å². The van der Waals surface area contributed by atoms with E-state index in [0.29, 0.717) is 17.9 Å². The van der Waals surface area contributed by atoms with Crippen molar-refractivity contribution in [2.45, 2.75) is 6.92 Å². The van der Waals surface area contributed by atoms with E-state index in [4.69, 9.17) is 9.15 Å². The van der Waals surface area contributed by atoms with Crippen LogP contribution in [0.25, 0.3) is 10.9 Å². The minimum Gasteiger partial charge on any atom is -0.494 e. The summed E-state index contributed by atoms with van der Waals surface area (Å²) in [7, 11) is 0. The molecular weight excluding hydrogens is 242 g/mol. The summed E-state index contributed by atoms with van der Waals surface area (Å²) in [6.45, 7) is 2.52. The van der Waals surface area contributed by atoms with Gasteiger partial charge in [0.25, 0.3) is 0 Å². The summed E-state index contributed by atoms with van der Waals surface area (Å²) in [6.07, 6.45) is 3.19. The van der Waals surface area contributed by atoms with Crippen molar-refractivity contribution in [1.82, 2.24) is 4.98 Å². The molecule has 2 heterocycles. The van der Waals surface area contributed by atoms with Crippen molar-refractivity contribution in [2.75, 3.05) is 6.61 Å². The van der Waals surface area contributed by atoms with E-state index < -0.39 is 0 Å². The zero-order chi connectivity index (χ0) is 13.2. The number of fused-ring (bicyclic) bond motifs is 1. The van der Waals surface area contributed by atoms with Gasteiger partial charge >= 0.3 is 0 Å². The Labute approximate surface area is 110 Å². The van der Waals surface area contributed by atoms with E-state index in [2.05, 4.69) is 4.98 Å². The van der Waals surface area contributed by atoms with Crippen molar-refractivity contribution >= 4 is 16.7 Å². The molecule has 0 spiro atoms. The normalized spacial score (nSPS) is 10.8. The van der Waals surface area contributed by atoms with Gasteiger partial charge in [-0.15, -0.1) is 0 Å². The predicted octanol–water partition coefficient (Wildman–Crippen LogP) is 3.39. The highest BCUT2D eigenvalue weighted by Gasteiger charge is 2.16. The maximum Gasteiger partial charge on any atom is 0.230 e. The number of aromatic nitrogens is 1. The predicted molar refractivity (Wildman–Crippen MR) is 71.6 cm³/mol. The van der Waals surface area contributed by atoms with E-state index in [1.54, 1.807) is 18.3 Å². The standard InChI is InChI=1S/C15H13NO3/c1-2-18-10-5-6-13-11(8-10)12(9-16-13)15(17)14-4-3-7-19-14/h3-9,16H,2H2,1H3. The molecule has 2 aromatic heterocycles. The monoisotopic (exact) mass is 255 g/mol. The van der Waals surface area contributed by atoms with Crippen molar-refractivity contribution < 1.29 is 13.9 Å². The van der Waals surface area contributed by atoms with Crippen molar-refractivity contribution in [2.24, 2.45) is 0 Å². The van der Waals surface area contributed by atoms with Crippen LogP contribution in [0.1, 0.15) is 23.0 Å². The first kappa shape index (κ1) is 11.6. The van der Waals surface area contributed by atoms with Crippen molar-refractivity contribution in [3.8, 4) is 5.75 Å². The van der Waals surface area contributed by atoms with Gasteiger partial charge in [0.15, 0.2) is 5.76 Å². The lowest BCUT2D eigenvalue weighted by Gasteiger charge is -2.03. The summed E-state index contributed by atoms with van der Waals surface area (Å²) in [5, 5.41) is 0.840. The number of nitrogens with one attached hydrogen (secondary N) is 1. The fourth-order valence-electron chi connectivity index (χ4n) is 2.08. The van der Waals surface area contributed by atoms with Crippen molar-refractivity contribution in [3.63, 3.8) is 0 Å². The zero-order valence-corrected chi connectivity index (χ0v) is 10.5. The zero-order valence-electron chi connectivity index (χ0n) is 10.5. The van der Waals surface area contributed by atoms with Crippen LogP contribution in [0.15, 0.2) is 47.2 Å². The third-order valence-electron chi connectivity index (χ3n) is 2.95. The van der Waals surface area contributed by atoms with E-state index in [-0.39, 0.29) is 5.78 Å². The second-order valence-corrected chi connectivity index (χ2v) is 4.15. The van der Waals surface area contributed by atoms with Crippen LogP contribution in [0.4, 0.5) is 0 Å². The quantitative estimate of drug-likeness (QED) is 0.727. The number of carbonyl (C=O) groups excluding carboxylic acids is 1. The summed E-state index contributed by atoms with van der Waals surface area (Å²) in [6, 6.07) is 9.01. The highest BCUT2D eigenvalue weighted by molar-refractivity contribution is 6.15. The van der Waals surface area contributed by atoms with Crippen molar-refractivity contribution in [3.05, 3.63) is 54.1 Å². The smallest absolute Gasteiger partial charge is 0.230 e. The van der Waals surface area contributed by atoms with Gasteiger partial charge in [0.1, 0.15) is 5.75 Å². The molecule has 1 aromatic carbocycles.